The highest BCUT2D eigenvalue weighted by atomic mass is 16.3. The number of hydrogen-bond acceptors (Lipinski definition) is 6. The number of furan rings is 4. The maximum absolute atomic E-state index is 6.79. The molecule has 0 aliphatic rings. The van der Waals surface area contributed by atoms with E-state index in [1.165, 1.54) is 11.1 Å². The monoisotopic (exact) mass is 956 g/mol. The van der Waals surface area contributed by atoms with E-state index in [1.807, 2.05) is 24.3 Å². The largest absolute Gasteiger partial charge is 0.456 e. The lowest BCUT2D eigenvalue weighted by Gasteiger charge is -2.27. The molecule has 0 amide bonds. The molecule has 0 saturated heterocycles. The van der Waals surface area contributed by atoms with Crippen LogP contribution in [0.15, 0.2) is 224 Å². The van der Waals surface area contributed by atoms with Gasteiger partial charge in [-0.25, -0.2) is 0 Å². The topological polar surface area (TPSA) is 59.0 Å². The van der Waals surface area contributed by atoms with Crippen LogP contribution in [0.1, 0.15) is 50.7 Å². The Labute approximate surface area is 425 Å². The van der Waals surface area contributed by atoms with E-state index in [9.17, 15) is 0 Å². The standard InChI is InChI=1S/C68H48N2O4/c1-39(2)41-19-25-47(26-20-41)69(55-13-9-17-59-65(55)51-11-5-7-15-57(51)71-59)49-29-23-43-35-53-63(37-45(43)33-49)73-61-31-32-62-68(67(53)61)54-36-44-24-30-50(34-46(44)38-64(54)74-62)70(48-27-21-42(22-28-48)40(3)4)56-14-10-18-60-66(56)52-12-6-8-16-58(52)72-60/h5-40H,1-4H3. The molecule has 6 nitrogen and oxygen atoms in total. The van der Waals surface area contributed by atoms with Gasteiger partial charge in [0.05, 0.1) is 22.1 Å². The summed E-state index contributed by atoms with van der Waals surface area (Å²) in [5.41, 5.74) is 15.7. The van der Waals surface area contributed by atoms with Crippen molar-refractivity contribution in [3.8, 4) is 0 Å². The fraction of sp³-hybridized carbons (Fsp3) is 0.0882. The molecule has 4 aromatic heterocycles. The number of fused-ring (bicyclic) bond motifs is 15. The first kappa shape index (κ1) is 42.4. The molecule has 0 unspecified atom stereocenters. The molecule has 15 aromatic rings. The number of nitrogens with zero attached hydrogens (tertiary/aromatic N) is 2. The minimum atomic E-state index is 0.423. The predicted molar refractivity (Wildman–Crippen MR) is 308 cm³/mol. The zero-order valence-corrected chi connectivity index (χ0v) is 41.3. The molecule has 0 N–H and O–H groups in total. The van der Waals surface area contributed by atoms with Crippen molar-refractivity contribution in [1.29, 1.82) is 0 Å². The number of rotatable bonds is 8. The molecule has 15 rings (SSSR count). The molecule has 0 saturated carbocycles. The van der Waals surface area contributed by atoms with Gasteiger partial charge in [0.25, 0.3) is 0 Å². The summed E-state index contributed by atoms with van der Waals surface area (Å²) in [6.45, 7) is 8.94. The smallest absolute Gasteiger partial charge is 0.137 e. The molecular weight excluding hydrogens is 909 g/mol. The molecule has 0 aliphatic heterocycles. The molecule has 11 aromatic carbocycles. The SMILES string of the molecule is CC(C)c1ccc(N(c2ccc3cc4c(cc3c2)oc2ccc3oc5cc6cc(N(c7ccc(C(C)C)cc7)c7cccc8oc9ccccc9c78)ccc6cc5c3c24)c2cccc3oc4ccccc4c23)cc1. The molecule has 6 heteroatoms. The summed E-state index contributed by atoms with van der Waals surface area (Å²) >= 11 is 0. The van der Waals surface area contributed by atoms with Crippen molar-refractivity contribution in [2.45, 2.75) is 39.5 Å². The second kappa shape index (κ2) is 16.1. The summed E-state index contributed by atoms with van der Waals surface area (Å²) in [6.07, 6.45) is 0. The Balaban J connectivity index is 0.867. The maximum atomic E-state index is 6.79. The number of anilines is 6. The van der Waals surface area contributed by atoms with Crippen molar-refractivity contribution in [1.82, 2.24) is 0 Å². The van der Waals surface area contributed by atoms with E-state index in [4.69, 9.17) is 17.7 Å². The van der Waals surface area contributed by atoms with Crippen LogP contribution in [-0.4, -0.2) is 0 Å². The van der Waals surface area contributed by atoms with Crippen LogP contribution in [0.25, 0.3) is 109 Å². The quantitative estimate of drug-likeness (QED) is 0.151. The van der Waals surface area contributed by atoms with Crippen molar-refractivity contribution in [2.75, 3.05) is 9.80 Å². The summed E-state index contributed by atoms with van der Waals surface area (Å²) in [5.74, 6) is 0.846. The predicted octanol–water partition coefficient (Wildman–Crippen LogP) is 20.8. The van der Waals surface area contributed by atoms with E-state index in [0.29, 0.717) is 11.8 Å². The molecule has 354 valence electrons. The molecule has 0 bridgehead atoms. The molecule has 74 heavy (non-hydrogen) atoms. The molecule has 0 aliphatic carbocycles. The average Bonchev–Trinajstić information content (AvgIpc) is 4.20. The summed E-state index contributed by atoms with van der Waals surface area (Å²) in [4.78, 5) is 4.71. The van der Waals surface area contributed by atoms with Crippen molar-refractivity contribution in [3.63, 3.8) is 0 Å². The third-order valence-electron chi connectivity index (χ3n) is 15.3. The van der Waals surface area contributed by atoms with E-state index in [0.717, 1.165) is 143 Å². The molecule has 4 heterocycles. The Morgan fingerprint density at radius 2 is 0.649 bits per heavy atom. The van der Waals surface area contributed by atoms with Crippen LogP contribution in [-0.2, 0) is 0 Å². The summed E-state index contributed by atoms with van der Waals surface area (Å²) in [5, 5.41) is 13.0. The van der Waals surface area contributed by atoms with Crippen molar-refractivity contribution >= 4 is 143 Å². The highest BCUT2D eigenvalue weighted by Gasteiger charge is 2.24. The third-order valence-corrected chi connectivity index (χ3v) is 15.3. The average molecular weight is 957 g/mol. The van der Waals surface area contributed by atoms with Crippen molar-refractivity contribution in [2.24, 2.45) is 0 Å². The lowest BCUT2D eigenvalue weighted by atomic mass is 9.99. The lowest BCUT2D eigenvalue weighted by molar-refractivity contribution is 0.663. The number of hydrogen-bond donors (Lipinski definition) is 0. The lowest BCUT2D eigenvalue weighted by Crippen LogP contribution is -2.10. The Kier molecular flexibility index (Phi) is 9.24. The van der Waals surface area contributed by atoms with Gasteiger partial charge in [-0.3, -0.25) is 0 Å². The van der Waals surface area contributed by atoms with Gasteiger partial charge in [0, 0.05) is 55.1 Å². The van der Waals surface area contributed by atoms with Crippen LogP contribution in [0.5, 0.6) is 0 Å². The Morgan fingerprint density at radius 3 is 1.08 bits per heavy atom. The van der Waals surface area contributed by atoms with Gasteiger partial charge >= 0.3 is 0 Å². The van der Waals surface area contributed by atoms with Crippen LogP contribution in [0, 0.1) is 0 Å². The number of para-hydroxylation sites is 2. The zero-order chi connectivity index (χ0) is 49.3. The van der Waals surface area contributed by atoms with Gasteiger partial charge in [-0.15, -0.1) is 0 Å². The first-order valence-electron chi connectivity index (χ1n) is 25.6. The molecule has 0 spiro atoms. The van der Waals surface area contributed by atoms with E-state index >= 15 is 0 Å². The minimum Gasteiger partial charge on any atom is -0.456 e. The Morgan fingerprint density at radius 1 is 0.270 bits per heavy atom. The second-order valence-corrected chi connectivity index (χ2v) is 20.4. The van der Waals surface area contributed by atoms with Crippen molar-refractivity contribution in [3.05, 3.63) is 217 Å². The van der Waals surface area contributed by atoms with Gasteiger partial charge in [0.1, 0.15) is 44.7 Å². The fourth-order valence-corrected chi connectivity index (χ4v) is 11.6. The molecule has 0 radical (unpaired) electrons. The van der Waals surface area contributed by atoms with Crippen LogP contribution in [0.4, 0.5) is 34.1 Å². The van der Waals surface area contributed by atoms with Crippen LogP contribution >= 0.6 is 0 Å². The first-order valence-corrected chi connectivity index (χ1v) is 25.6. The van der Waals surface area contributed by atoms with Gasteiger partial charge in [0.15, 0.2) is 0 Å². The fourth-order valence-electron chi connectivity index (χ4n) is 11.6. The number of benzene rings is 11. The van der Waals surface area contributed by atoms with Crippen LogP contribution < -0.4 is 9.80 Å². The van der Waals surface area contributed by atoms with E-state index in [2.05, 4.69) is 219 Å². The van der Waals surface area contributed by atoms with Crippen LogP contribution in [0.2, 0.25) is 0 Å². The van der Waals surface area contributed by atoms with E-state index < -0.39 is 0 Å². The zero-order valence-electron chi connectivity index (χ0n) is 41.3. The Bertz CT molecular complexity index is 4440. The van der Waals surface area contributed by atoms with Gasteiger partial charge in [0.2, 0.25) is 0 Å². The van der Waals surface area contributed by atoms with E-state index in [-0.39, 0.29) is 0 Å². The molecule has 0 atom stereocenters. The van der Waals surface area contributed by atoms with Gasteiger partial charge in [-0.1, -0.05) is 113 Å². The Hall–Kier alpha value is -9.26. The van der Waals surface area contributed by atoms with Gasteiger partial charge in [-0.2, -0.15) is 0 Å². The highest BCUT2D eigenvalue weighted by molar-refractivity contribution is 6.28. The maximum Gasteiger partial charge on any atom is 0.137 e. The second-order valence-electron chi connectivity index (χ2n) is 20.4. The van der Waals surface area contributed by atoms with Crippen LogP contribution in [0.3, 0.4) is 0 Å². The third kappa shape index (κ3) is 6.51. The first-order chi connectivity index (χ1) is 36.3. The van der Waals surface area contributed by atoms with Gasteiger partial charge < -0.3 is 27.5 Å². The van der Waals surface area contributed by atoms with Gasteiger partial charge in [-0.05, 0) is 166 Å². The van der Waals surface area contributed by atoms with E-state index in [1.54, 1.807) is 0 Å². The highest BCUT2D eigenvalue weighted by Crippen LogP contribution is 2.48. The summed E-state index contributed by atoms with van der Waals surface area (Å²) in [6, 6.07) is 73.8. The minimum absolute atomic E-state index is 0.423. The summed E-state index contributed by atoms with van der Waals surface area (Å²) < 4.78 is 26.4. The molecule has 0 fully saturated rings. The normalized spacial score (nSPS) is 12.3. The van der Waals surface area contributed by atoms with Crippen molar-refractivity contribution < 1.29 is 17.7 Å². The summed E-state index contributed by atoms with van der Waals surface area (Å²) in [7, 11) is 0. The molecular formula is C68H48N2O4.